The Morgan fingerprint density at radius 2 is 2.36 bits per heavy atom. The van der Waals surface area contributed by atoms with Crippen LogP contribution < -0.4 is 5.32 Å². The zero-order chi connectivity index (χ0) is 9.97. The first kappa shape index (κ1) is 9.93. The fraction of sp³-hybridized carbons (Fsp3) is 0.500. The summed E-state index contributed by atoms with van der Waals surface area (Å²) in [5.74, 6) is 0.277. The van der Waals surface area contributed by atoms with E-state index >= 15 is 0 Å². The van der Waals surface area contributed by atoms with Gasteiger partial charge >= 0.3 is 0 Å². The highest BCUT2D eigenvalue weighted by Gasteiger charge is 2.18. The normalized spacial score (nSPS) is 22.2. The quantitative estimate of drug-likeness (QED) is 0.811. The van der Waals surface area contributed by atoms with Gasteiger partial charge in [-0.25, -0.2) is 0 Å². The summed E-state index contributed by atoms with van der Waals surface area (Å²) >= 11 is 3.28. The summed E-state index contributed by atoms with van der Waals surface area (Å²) in [5, 5.41) is 13.1. The molecule has 4 heteroatoms. The molecule has 1 unspecified atom stereocenters. The van der Waals surface area contributed by atoms with Crippen LogP contribution in [0.4, 0.5) is 0 Å². The Balaban J connectivity index is 2.22. The number of aromatic nitrogens is 1. The number of halogens is 1. The van der Waals surface area contributed by atoms with Gasteiger partial charge in [-0.15, -0.1) is 0 Å². The molecule has 2 heterocycles. The largest absolute Gasteiger partial charge is 0.506 e. The van der Waals surface area contributed by atoms with Crippen LogP contribution in [-0.4, -0.2) is 16.6 Å². The molecule has 2 rings (SSSR count). The third kappa shape index (κ3) is 2.07. The van der Waals surface area contributed by atoms with Crippen molar-refractivity contribution in [2.24, 2.45) is 0 Å². The highest BCUT2D eigenvalue weighted by molar-refractivity contribution is 9.10. The maximum atomic E-state index is 9.71. The molecule has 1 fully saturated rings. The standard InChI is InChI=1S/C10H13BrN2O/c11-7-5-9(14)10(13-6-7)8-3-1-2-4-12-8/h5-6,8,12,14H,1-4H2. The van der Waals surface area contributed by atoms with Gasteiger partial charge in [-0.2, -0.15) is 0 Å². The van der Waals surface area contributed by atoms with Crippen molar-refractivity contribution in [3.8, 4) is 5.75 Å². The molecule has 0 bridgehead atoms. The maximum Gasteiger partial charge on any atom is 0.139 e. The van der Waals surface area contributed by atoms with E-state index in [9.17, 15) is 5.11 Å². The van der Waals surface area contributed by atoms with Gasteiger partial charge in [0.15, 0.2) is 0 Å². The number of aromatic hydroxyl groups is 1. The second kappa shape index (κ2) is 4.28. The molecule has 1 aliphatic rings. The van der Waals surface area contributed by atoms with Gasteiger partial charge in [-0.3, -0.25) is 4.98 Å². The van der Waals surface area contributed by atoms with Crippen LogP contribution in [0.3, 0.4) is 0 Å². The SMILES string of the molecule is Oc1cc(Br)cnc1C1CCCCN1. The lowest BCUT2D eigenvalue weighted by molar-refractivity contribution is 0.382. The maximum absolute atomic E-state index is 9.71. The highest BCUT2D eigenvalue weighted by atomic mass is 79.9. The third-order valence-electron chi connectivity index (χ3n) is 2.50. The lowest BCUT2D eigenvalue weighted by atomic mass is 10.0. The van der Waals surface area contributed by atoms with E-state index in [1.54, 1.807) is 12.3 Å². The van der Waals surface area contributed by atoms with Crippen LogP contribution in [-0.2, 0) is 0 Å². The molecular weight excluding hydrogens is 244 g/mol. The molecule has 2 N–H and O–H groups in total. The van der Waals surface area contributed by atoms with E-state index in [-0.39, 0.29) is 11.8 Å². The fourth-order valence-corrected chi connectivity index (χ4v) is 2.11. The first-order chi connectivity index (χ1) is 6.77. The first-order valence-corrected chi connectivity index (χ1v) is 5.64. The Morgan fingerprint density at radius 1 is 1.50 bits per heavy atom. The molecule has 1 aromatic rings. The number of hydrogen-bond acceptors (Lipinski definition) is 3. The van der Waals surface area contributed by atoms with Crippen molar-refractivity contribution in [2.45, 2.75) is 25.3 Å². The molecule has 1 saturated heterocycles. The third-order valence-corrected chi connectivity index (χ3v) is 2.94. The lowest BCUT2D eigenvalue weighted by Crippen LogP contribution is -2.27. The summed E-state index contributed by atoms with van der Waals surface area (Å²) in [6, 6.07) is 1.91. The van der Waals surface area contributed by atoms with Crippen LogP contribution in [0, 0.1) is 0 Å². The van der Waals surface area contributed by atoms with E-state index in [1.165, 1.54) is 12.8 Å². The minimum Gasteiger partial charge on any atom is -0.506 e. The molecular formula is C10H13BrN2O. The van der Waals surface area contributed by atoms with Crippen LogP contribution in [0.1, 0.15) is 31.0 Å². The molecule has 0 amide bonds. The molecule has 0 aromatic carbocycles. The number of hydrogen-bond donors (Lipinski definition) is 2. The zero-order valence-electron chi connectivity index (χ0n) is 7.83. The molecule has 1 atom stereocenters. The average Bonchev–Trinajstić information content (AvgIpc) is 2.19. The smallest absolute Gasteiger partial charge is 0.139 e. The van der Waals surface area contributed by atoms with Crippen LogP contribution in [0.25, 0.3) is 0 Å². The van der Waals surface area contributed by atoms with Crippen LogP contribution in [0.5, 0.6) is 5.75 Å². The van der Waals surface area contributed by atoms with E-state index in [1.807, 2.05) is 0 Å². The number of rotatable bonds is 1. The number of piperidine rings is 1. The van der Waals surface area contributed by atoms with Crippen molar-refractivity contribution in [1.82, 2.24) is 10.3 Å². The van der Waals surface area contributed by atoms with Crippen molar-refractivity contribution in [3.05, 3.63) is 22.4 Å². The molecule has 0 radical (unpaired) electrons. The number of nitrogens with one attached hydrogen (secondary N) is 1. The second-order valence-corrected chi connectivity index (χ2v) is 4.48. The van der Waals surface area contributed by atoms with E-state index in [0.29, 0.717) is 0 Å². The minimum absolute atomic E-state index is 0.219. The van der Waals surface area contributed by atoms with Gasteiger partial charge in [-0.1, -0.05) is 6.42 Å². The number of pyridine rings is 1. The average molecular weight is 257 g/mol. The topological polar surface area (TPSA) is 45.2 Å². The van der Waals surface area contributed by atoms with Crippen molar-refractivity contribution < 1.29 is 5.11 Å². The van der Waals surface area contributed by atoms with Gasteiger partial charge in [-0.05, 0) is 41.4 Å². The molecule has 14 heavy (non-hydrogen) atoms. The van der Waals surface area contributed by atoms with Crippen molar-refractivity contribution in [2.75, 3.05) is 6.54 Å². The fourth-order valence-electron chi connectivity index (χ4n) is 1.79. The number of nitrogens with zero attached hydrogens (tertiary/aromatic N) is 1. The molecule has 0 saturated carbocycles. The summed E-state index contributed by atoms with van der Waals surface area (Å²) in [6.45, 7) is 1.02. The van der Waals surface area contributed by atoms with E-state index in [0.717, 1.165) is 23.1 Å². The van der Waals surface area contributed by atoms with Crippen LogP contribution in [0.15, 0.2) is 16.7 Å². The molecule has 76 valence electrons. The van der Waals surface area contributed by atoms with Gasteiger partial charge in [0.1, 0.15) is 5.75 Å². The Labute approximate surface area is 91.7 Å². The van der Waals surface area contributed by atoms with E-state index in [4.69, 9.17) is 0 Å². The summed E-state index contributed by atoms with van der Waals surface area (Å²) in [5.41, 5.74) is 0.771. The second-order valence-electron chi connectivity index (χ2n) is 3.56. The Bertz CT molecular complexity index is 324. The summed E-state index contributed by atoms with van der Waals surface area (Å²) < 4.78 is 0.814. The van der Waals surface area contributed by atoms with Crippen LogP contribution in [0.2, 0.25) is 0 Å². The summed E-state index contributed by atoms with van der Waals surface area (Å²) in [4.78, 5) is 4.24. The summed E-state index contributed by atoms with van der Waals surface area (Å²) in [6.07, 6.45) is 5.20. The predicted octanol–water partition coefficient (Wildman–Crippen LogP) is 2.36. The summed E-state index contributed by atoms with van der Waals surface area (Å²) in [7, 11) is 0. The minimum atomic E-state index is 0.219. The Hall–Kier alpha value is -0.610. The van der Waals surface area contributed by atoms with Crippen LogP contribution >= 0.6 is 15.9 Å². The molecule has 0 aliphatic carbocycles. The molecule has 1 aliphatic heterocycles. The first-order valence-electron chi connectivity index (χ1n) is 4.85. The van der Waals surface area contributed by atoms with Gasteiger partial charge < -0.3 is 10.4 Å². The molecule has 3 nitrogen and oxygen atoms in total. The van der Waals surface area contributed by atoms with E-state index in [2.05, 4.69) is 26.2 Å². The Morgan fingerprint density at radius 3 is 3.00 bits per heavy atom. The molecule has 0 spiro atoms. The van der Waals surface area contributed by atoms with E-state index < -0.39 is 0 Å². The Kier molecular flexibility index (Phi) is 3.03. The lowest BCUT2D eigenvalue weighted by Gasteiger charge is -2.23. The van der Waals surface area contributed by atoms with Crippen molar-refractivity contribution >= 4 is 15.9 Å². The van der Waals surface area contributed by atoms with Gasteiger partial charge in [0, 0.05) is 10.7 Å². The van der Waals surface area contributed by atoms with Gasteiger partial charge in [0.25, 0.3) is 0 Å². The monoisotopic (exact) mass is 256 g/mol. The predicted molar refractivity (Wildman–Crippen MR) is 58.2 cm³/mol. The van der Waals surface area contributed by atoms with Gasteiger partial charge in [0.2, 0.25) is 0 Å². The highest BCUT2D eigenvalue weighted by Crippen LogP contribution is 2.29. The van der Waals surface area contributed by atoms with Crippen molar-refractivity contribution in [3.63, 3.8) is 0 Å². The van der Waals surface area contributed by atoms with Crippen molar-refractivity contribution in [1.29, 1.82) is 0 Å². The zero-order valence-corrected chi connectivity index (χ0v) is 9.42. The van der Waals surface area contributed by atoms with Gasteiger partial charge in [0.05, 0.1) is 11.7 Å². The molecule has 1 aromatic heterocycles.